The lowest BCUT2D eigenvalue weighted by Crippen LogP contribution is -2.53. The molecule has 1 heterocycles. The minimum Gasteiger partial charge on any atom is -0.481 e. The van der Waals surface area contributed by atoms with Crippen molar-refractivity contribution in [2.24, 2.45) is 0 Å². The van der Waals surface area contributed by atoms with E-state index in [2.05, 4.69) is 6.58 Å². The smallest absolute Gasteiger partial charge is 0.410 e. The van der Waals surface area contributed by atoms with Gasteiger partial charge in [-0.3, -0.25) is 4.79 Å². The Labute approximate surface area is 146 Å². The van der Waals surface area contributed by atoms with Gasteiger partial charge in [-0.1, -0.05) is 24.3 Å². The van der Waals surface area contributed by atoms with Crippen molar-refractivity contribution in [1.82, 2.24) is 9.80 Å². The number of halogens is 1. The Morgan fingerprint density at radius 2 is 1.79 bits per heavy atom. The summed E-state index contributed by atoms with van der Waals surface area (Å²) in [6.07, 6.45) is 0.533. The fraction of sp³-hybridized carbons (Fsp3) is 0.412. The monoisotopic (exact) mass is 352 g/mol. The lowest BCUT2D eigenvalue weighted by atomic mass is 10.2. The van der Waals surface area contributed by atoms with Gasteiger partial charge in [0.05, 0.1) is 0 Å². The average molecular weight is 353 g/mol. The standard InChI is InChI=1S/C17H21ClN2O4/c1-3-12-23-17(22)20-10-8-19(9-11-20)16(21)13(2)24-15-6-4-14(18)5-7-15/h3-7,13H,1,8-12H2,2H3. The average Bonchev–Trinajstić information content (AvgIpc) is 2.61. The van der Waals surface area contributed by atoms with Gasteiger partial charge in [-0.25, -0.2) is 4.79 Å². The molecular weight excluding hydrogens is 332 g/mol. The van der Waals surface area contributed by atoms with Gasteiger partial charge >= 0.3 is 6.09 Å². The molecule has 1 aromatic carbocycles. The van der Waals surface area contributed by atoms with E-state index in [1.807, 2.05) is 0 Å². The quantitative estimate of drug-likeness (QED) is 0.764. The molecule has 0 aliphatic carbocycles. The van der Waals surface area contributed by atoms with Gasteiger partial charge < -0.3 is 19.3 Å². The summed E-state index contributed by atoms with van der Waals surface area (Å²) < 4.78 is 10.6. The lowest BCUT2D eigenvalue weighted by molar-refractivity contribution is -0.139. The molecule has 0 bridgehead atoms. The van der Waals surface area contributed by atoms with Gasteiger partial charge in [0.1, 0.15) is 12.4 Å². The first-order valence-corrected chi connectivity index (χ1v) is 8.12. The second-order valence-corrected chi connectivity index (χ2v) is 5.83. The number of amides is 2. The molecule has 1 unspecified atom stereocenters. The third kappa shape index (κ3) is 4.89. The lowest BCUT2D eigenvalue weighted by Gasteiger charge is -2.35. The highest BCUT2D eigenvalue weighted by Gasteiger charge is 2.28. The molecule has 0 spiro atoms. The van der Waals surface area contributed by atoms with Crippen molar-refractivity contribution < 1.29 is 19.1 Å². The number of hydrogen-bond acceptors (Lipinski definition) is 4. The third-order valence-corrected chi connectivity index (χ3v) is 3.90. The van der Waals surface area contributed by atoms with Crippen LogP contribution in [0, 0.1) is 0 Å². The zero-order valence-electron chi connectivity index (χ0n) is 13.6. The van der Waals surface area contributed by atoms with Crippen LogP contribution in [-0.2, 0) is 9.53 Å². The second kappa shape index (κ2) is 8.59. The van der Waals surface area contributed by atoms with Gasteiger partial charge in [0.2, 0.25) is 0 Å². The Balaban J connectivity index is 1.82. The number of carbonyl (C=O) groups excluding carboxylic acids is 2. The van der Waals surface area contributed by atoms with Gasteiger partial charge in [-0.05, 0) is 31.2 Å². The Morgan fingerprint density at radius 3 is 2.38 bits per heavy atom. The van der Waals surface area contributed by atoms with Gasteiger partial charge in [0.25, 0.3) is 5.91 Å². The van der Waals surface area contributed by atoms with E-state index in [4.69, 9.17) is 21.1 Å². The van der Waals surface area contributed by atoms with Crippen molar-refractivity contribution >= 4 is 23.6 Å². The fourth-order valence-electron chi connectivity index (χ4n) is 2.36. The Hall–Kier alpha value is -2.21. The van der Waals surface area contributed by atoms with E-state index in [0.717, 1.165) is 0 Å². The van der Waals surface area contributed by atoms with Crippen molar-refractivity contribution in [3.8, 4) is 5.75 Å². The van der Waals surface area contributed by atoms with Crippen molar-refractivity contribution in [1.29, 1.82) is 0 Å². The van der Waals surface area contributed by atoms with Crippen molar-refractivity contribution in [3.05, 3.63) is 41.9 Å². The molecule has 7 heteroatoms. The van der Waals surface area contributed by atoms with Gasteiger partial charge in [0.15, 0.2) is 6.10 Å². The van der Waals surface area contributed by atoms with Crippen LogP contribution < -0.4 is 4.74 Å². The summed E-state index contributed by atoms with van der Waals surface area (Å²) in [5, 5.41) is 0.612. The van der Waals surface area contributed by atoms with Crippen LogP contribution in [0.2, 0.25) is 5.02 Å². The molecule has 1 saturated heterocycles. The van der Waals surface area contributed by atoms with Crippen LogP contribution in [0.4, 0.5) is 4.79 Å². The largest absolute Gasteiger partial charge is 0.481 e. The molecule has 0 saturated carbocycles. The summed E-state index contributed by atoms with van der Waals surface area (Å²) in [5.41, 5.74) is 0. The molecule has 2 rings (SSSR count). The molecule has 6 nitrogen and oxygen atoms in total. The van der Waals surface area contributed by atoms with E-state index < -0.39 is 6.10 Å². The molecule has 1 aliphatic heterocycles. The van der Waals surface area contributed by atoms with Crippen LogP contribution in [0.15, 0.2) is 36.9 Å². The molecule has 0 N–H and O–H groups in total. The molecule has 1 fully saturated rings. The predicted octanol–water partition coefficient (Wildman–Crippen LogP) is 2.57. The minimum absolute atomic E-state index is 0.107. The summed E-state index contributed by atoms with van der Waals surface area (Å²) in [6, 6.07) is 6.86. The van der Waals surface area contributed by atoms with Gasteiger partial charge in [0, 0.05) is 31.2 Å². The summed E-state index contributed by atoms with van der Waals surface area (Å²) in [6.45, 7) is 7.19. The number of rotatable bonds is 5. The fourth-order valence-corrected chi connectivity index (χ4v) is 2.48. The van der Waals surface area contributed by atoms with E-state index in [0.29, 0.717) is 37.0 Å². The van der Waals surface area contributed by atoms with Crippen molar-refractivity contribution in [2.75, 3.05) is 32.8 Å². The highest BCUT2D eigenvalue weighted by atomic mass is 35.5. The van der Waals surface area contributed by atoms with Crippen LogP contribution >= 0.6 is 11.6 Å². The maximum atomic E-state index is 12.4. The molecule has 24 heavy (non-hydrogen) atoms. The number of carbonyl (C=O) groups is 2. The van der Waals surface area contributed by atoms with E-state index in [1.54, 1.807) is 41.0 Å². The van der Waals surface area contributed by atoms with Crippen LogP contribution in [0.5, 0.6) is 5.75 Å². The van der Waals surface area contributed by atoms with Crippen LogP contribution in [0.25, 0.3) is 0 Å². The van der Waals surface area contributed by atoms with Crippen molar-refractivity contribution in [2.45, 2.75) is 13.0 Å². The number of piperazine rings is 1. The van der Waals surface area contributed by atoms with Crippen LogP contribution in [-0.4, -0.2) is 60.7 Å². The summed E-state index contributed by atoms with van der Waals surface area (Å²) in [5.74, 6) is 0.482. The second-order valence-electron chi connectivity index (χ2n) is 5.39. The first-order chi connectivity index (χ1) is 11.5. The highest BCUT2D eigenvalue weighted by molar-refractivity contribution is 6.30. The number of hydrogen-bond donors (Lipinski definition) is 0. The first-order valence-electron chi connectivity index (χ1n) is 7.75. The van der Waals surface area contributed by atoms with Crippen molar-refractivity contribution in [3.63, 3.8) is 0 Å². The molecule has 130 valence electrons. The number of ether oxygens (including phenoxy) is 2. The van der Waals surface area contributed by atoms with Crippen LogP contribution in [0.3, 0.4) is 0 Å². The zero-order valence-corrected chi connectivity index (χ0v) is 14.4. The topological polar surface area (TPSA) is 59.1 Å². The Bertz CT molecular complexity index is 583. The molecule has 0 aromatic heterocycles. The van der Waals surface area contributed by atoms with E-state index in [1.165, 1.54) is 6.08 Å². The summed E-state index contributed by atoms with van der Waals surface area (Å²) >= 11 is 5.82. The maximum absolute atomic E-state index is 12.4. The maximum Gasteiger partial charge on any atom is 0.410 e. The molecule has 2 amide bonds. The minimum atomic E-state index is -0.606. The van der Waals surface area contributed by atoms with Gasteiger partial charge in [-0.2, -0.15) is 0 Å². The summed E-state index contributed by atoms with van der Waals surface area (Å²) in [7, 11) is 0. The van der Waals surface area contributed by atoms with Gasteiger partial charge in [-0.15, -0.1) is 0 Å². The van der Waals surface area contributed by atoms with Crippen LogP contribution in [0.1, 0.15) is 6.92 Å². The first kappa shape index (κ1) is 18.1. The Kier molecular flexibility index (Phi) is 6.49. The number of nitrogens with zero attached hydrogens (tertiary/aromatic N) is 2. The highest BCUT2D eigenvalue weighted by Crippen LogP contribution is 2.17. The number of benzene rings is 1. The molecule has 0 radical (unpaired) electrons. The zero-order chi connectivity index (χ0) is 17.5. The van der Waals surface area contributed by atoms with E-state index >= 15 is 0 Å². The molecular formula is C17H21ClN2O4. The SMILES string of the molecule is C=CCOC(=O)N1CCN(C(=O)C(C)Oc2ccc(Cl)cc2)CC1. The van der Waals surface area contributed by atoms with E-state index in [-0.39, 0.29) is 18.6 Å². The predicted molar refractivity (Wildman–Crippen MR) is 91.2 cm³/mol. The van der Waals surface area contributed by atoms with E-state index in [9.17, 15) is 9.59 Å². The molecule has 1 aromatic rings. The molecule has 1 aliphatic rings. The normalized spacial score (nSPS) is 15.6. The summed E-state index contributed by atoms with van der Waals surface area (Å²) in [4.78, 5) is 27.5. The third-order valence-electron chi connectivity index (χ3n) is 3.65. The Morgan fingerprint density at radius 1 is 1.21 bits per heavy atom. The molecule has 1 atom stereocenters.